The lowest BCUT2D eigenvalue weighted by molar-refractivity contribution is -0.00208. The van der Waals surface area contributed by atoms with Crippen LogP contribution in [0, 0.1) is 0 Å². The van der Waals surface area contributed by atoms with Gasteiger partial charge < -0.3 is 14.2 Å². The number of allylic oxidation sites excluding steroid dienone is 3. The number of hydrogen-bond donors (Lipinski definition) is 0. The molecule has 0 radical (unpaired) electrons. The summed E-state index contributed by atoms with van der Waals surface area (Å²) in [4.78, 5) is 0. The molecule has 2 unspecified atom stereocenters. The largest absolute Gasteiger partial charge is 0.498 e. The molecule has 1 saturated heterocycles. The molecule has 0 amide bonds. The van der Waals surface area contributed by atoms with Gasteiger partial charge in [-0.25, -0.2) is 8.78 Å². The van der Waals surface area contributed by atoms with Gasteiger partial charge >= 0.3 is 0 Å². The molecule has 0 N–H and O–H groups in total. The van der Waals surface area contributed by atoms with Crippen molar-refractivity contribution in [3.05, 3.63) is 52.8 Å². The molecule has 0 aromatic heterocycles. The first-order valence-corrected chi connectivity index (χ1v) is 12.2. The minimum absolute atomic E-state index is 0.0432. The Morgan fingerprint density at radius 1 is 0.969 bits per heavy atom. The fourth-order valence-electron chi connectivity index (χ4n) is 4.01. The highest BCUT2D eigenvalue weighted by molar-refractivity contribution is 5.34. The summed E-state index contributed by atoms with van der Waals surface area (Å²) in [7, 11) is 1.36. The average Bonchev–Trinajstić information content (AvgIpc) is 2.82. The van der Waals surface area contributed by atoms with Crippen molar-refractivity contribution in [1.29, 1.82) is 0 Å². The SMILES string of the molecule is CCC.CCCCCC1CCC(c2ccc(OCC3=C(F)C(F)=C(OC)CC3)cc2)CO1. The van der Waals surface area contributed by atoms with E-state index in [0.717, 1.165) is 19.4 Å². The molecule has 1 fully saturated rings. The maximum atomic E-state index is 14.1. The summed E-state index contributed by atoms with van der Waals surface area (Å²) < 4.78 is 44.5. The zero-order valence-electron chi connectivity index (χ0n) is 20.2. The molecule has 1 aromatic rings. The van der Waals surface area contributed by atoms with E-state index in [0.29, 0.717) is 36.2 Å². The van der Waals surface area contributed by atoms with E-state index in [1.807, 2.05) is 12.1 Å². The molecule has 1 aromatic carbocycles. The highest BCUT2D eigenvalue weighted by atomic mass is 19.2. The van der Waals surface area contributed by atoms with E-state index >= 15 is 0 Å². The summed E-state index contributed by atoms with van der Waals surface area (Å²) in [5.41, 5.74) is 1.58. The van der Waals surface area contributed by atoms with Crippen LogP contribution in [0.4, 0.5) is 8.78 Å². The van der Waals surface area contributed by atoms with Crippen LogP contribution in [-0.4, -0.2) is 26.4 Å². The lowest BCUT2D eigenvalue weighted by Crippen LogP contribution is -2.24. The molecule has 2 aliphatic rings. The molecule has 5 heteroatoms. The fraction of sp³-hybridized carbons (Fsp3) is 0.630. The van der Waals surface area contributed by atoms with Crippen LogP contribution >= 0.6 is 0 Å². The molecular formula is C27H40F2O3. The van der Waals surface area contributed by atoms with Crippen LogP contribution < -0.4 is 4.74 Å². The van der Waals surface area contributed by atoms with E-state index < -0.39 is 11.7 Å². The van der Waals surface area contributed by atoms with E-state index in [4.69, 9.17) is 14.2 Å². The minimum Gasteiger partial charge on any atom is -0.498 e. The average molecular weight is 451 g/mol. The molecular weight excluding hydrogens is 410 g/mol. The van der Waals surface area contributed by atoms with Crippen LogP contribution in [0.15, 0.2) is 47.3 Å². The van der Waals surface area contributed by atoms with Gasteiger partial charge in [0.15, 0.2) is 11.7 Å². The van der Waals surface area contributed by atoms with Gasteiger partial charge in [-0.3, -0.25) is 0 Å². The Labute approximate surface area is 192 Å². The third-order valence-corrected chi connectivity index (χ3v) is 5.91. The maximum Gasteiger partial charge on any atom is 0.196 e. The Balaban J connectivity index is 0.00000114. The van der Waals surface area contributed by atoms with E-state index in [-0.39, 0.29) is 12.4 Å². The zero-order chi connectivity index (χ0) is 23.3. The summed E-state index contributed by atoms with van der Waals surface area (Å²) in [5.74, 6) is -0.615. The molecule has 3 rings (SSSR count). The predicted molar refractivity (Wildman–Crippen MR) is 126 cm³/mol. The van der Waals surface area contributed by atoms with E-state index in [9.17, 15) is 8.78 Å². The van der Waals surface area contributed by atoms with E-state index in [1.165, 1.54) is 44.8 Å². The summed E-state index contributed by atoms with van der Waals surface area (Å²) in [6.07, 6.45) is 9.62. The summed E-state index contributed by atoms with van der Waals surface area (Å²) >= 11 is 0. The third kappa shape index (κ3) is 7.91. The second kappa shape index (κ2) is 14.3. The van der Waals surface area contributed by atoms with Crippen LogP contribution in [-0.2, 0) is 9.47 Å². The predicted octanol–water partition coefficient (Wildman–Crippen LogP) is 8.17. The summed E-state index contributed by atoms with van der Waals surface area (Å²) in [6, 6.07) is 7.90. The summed E-state index contributed by atoms with van der Waals surface area (Å²) in [5, 5.41) is 0. The van der Waals surface area contributed by atoms with Gasteiger partial charge in [0.2, 0.25) is 0 Å². The quantitative estimate of drug-likeness (QED) is 0.355. The molecule has 1 aliphatic carbocycles. The van der Waals surface area contributed by atoms with Crippen molar-refractivity contribution in [3.63, 3.8) is 0 Å². The Hall–Kier alpha value is -1.88. The topological polar surface area (TPSA) is 27.7 Å². The number of rotatable bonds is 9. The van der Waals surface area contributed by atoms with Crippen molar-refractivity contribution in [3.8, 4) is 5.75 Å². The monoisotopic (exact) mass is 450 g/mol. The van der Waals surface area contributed by atoms with Crippen molar-refractivity contribution in [2.45, 2.75) is 90.6 Å². The number of benzene rings is 1. The van der Waals surface area contributed by atoms with Crippen molar-refractivity contribution in [2.75, 3.05) is 20.3 Å². The second-order valence-corrected chi connectivity index (χ2v) is 8.65. The van der Waals surface area contributed by atoms with Gasteiger partial charge in [0, 0.05) is 17.9 Å². The Morgan fingerprint density at radius 2 is 1.69 bits per heavy atom. The molecule has 1 heterocycles. The van der Waals surface area contributed by atoms with Crippen molar-refractivity contribution >= 4 is 0 Å². The van der Waals surface area contributed by atoms with Gasteiger partial charge in [-0.2, -0.15) is 0 Å². The molecule has 32 heavy (non-hydrogen) atoms. The van der Waals surface area contributed by atoms with Gasteiger partial charge in [0.1, 0.15) is 18.1 Å². The van der Waals surface area contributed by atoms with Crippen LogP contribution in [0.25, 0.3) is 0 Å². The van der Waals surface area contributed by atoms with E-state index in [1.54, 1.807) is 0 Å². The number of halogens is 2. The lowest BCUT2D eigenvalue weighted by atomic mass is 9.90. The Morgan fingerprint density at radius 3 is 2.28 bits per heavy atom. The molecule has 0 saturated carbocycles. The highest BCUT2D eigenvalue weighted by Gasteiger charge is 2.24. The molecule has 0 bridgehead atoms. The first-order valence-electron chi connectivity index (χ1n) is 12.2. The van der Waals surface area contributed by atoms with Gasteiger partial charge in [-0.1, -0.05) is 58.6 Å². The van der Waals surface area contributed by atoms with Gasteiger partial charge in [-0.15, -0.1) is 0 Å². The maximum absolute atomic E-state index is 14.1. The molecule has 1 aliphatic heterocycles. The zero-order valence-corrected chi connectivity index (χ0v) is 20.2. The van der Waals surface area contributed by atoms with Gasteiger partial charge in [0.05, 0.1) is 19.8 Å². The van der Waals surface area contributed by atoms with Crippen LogP contribution in [0.1, 0.15) is 90.0 Å². The van der Waals surface area contributed by atoms with Crippen LogP contribution in [0.5, 0.6) is 5.75 Å². The minimum atomic E-state index is -0.905. The molecule has 3 nitrogen and oxygen atoms in total. The van der Waals surface area contributed by atoms with E-state index in [2.05, 4.69) is 32.9 Å². The standard InChI is InChI=1S/C24H32F2O3.C3H8/c1-3-4-5-6-20-13-9-18(15-28-20)17-7-11-21(12-8-17)29-16-19-10-14-22(27-2)24(26)23(19)25;1-3-2/h7-8,11-12,18,20H,3-6,9-10,13-16H2,1-2H3;3H2,1-2H3. The van der Waals surface area contributed by atoms with Gasteiger partial charge in [-0.05, 0) is 43.4 Å². The number of ether oxygens (including phenoxy) is 3. The fourth-order valence-corrected chi connectivity index (χ4v) is 4.01. The first-order chi connectivity index (χ1) is 15.5. The van der Waals surface area contributed by atoms with Crippen LogP contribution in [0.3, 0.4) is 0 Å². The Bertz CT molecular complexity index is 732. The normalized spacial score (nSPS) is 21.2. The number of methoxy groups -OCH3 is 1. The van der Waals surface area contributed by atoms with Crippen molar-refractivity contribution < 1.29 is 23.0 Å². The number of hydrogen-bond acceptors (Lipinski definition) is 3. The number of unbranched alkanes of at least 4 members (excludes halogenated alkanes) is 2. The summed E-state index contributed by atoms with van der Waals surface area (Å²) in [6.45, 7) is 7.28. The lowest BCUT2D eigenvalue weighted by Gasteiger charge is -2.29. The highest BCUT2D eigenvalue weighted by Crippen LogP contribution is 2.34. The smallest absolute Gasteiger partial charge is 0.196 e. The molecule has 0 spiro atoms. The molecule has 2 atom stereocenters. The second-order valence-electron chi connectivity index (χ2n) is 8.65. The van der Waals surface area contributed by atoms with Gasteiger partial charge in [0.25, 0.3) is 0 Å². The molecule has 180 valence electrons. The van der Waals surface area contributed by atoms with Crippen LogP contribution in [0.2, 0.25) is 0 Å². The third-order valence-electron chi connectivity index (χ3n) is 5.91. The Kier molecular flexibility index (Phi) is 11.8. The van der Waals surface area contributed by atoms with Crippen molar-refractivity contribution in [2.24, 2.45) is 0 Å². The van der Waals surface area contributed by atoms with Crippen molar-refractivity contribution in [1.82, 2.24) is 0 Å². The first kappa shape index (κ1) is 26.4.